The Morgan fingerprint density at radius 1 is 1.39 bits per heavy atom. The minimum absolute atomic E-state index is 0.115. The molecule has 0 unspecified atom stereocenters. The number of hydrogen-bond acceptors (Lipinski definition) is 4. The standard InChI is InChI=1S/C12H16N2O3S/c1-17-11-3-2-9(13)8-10(11)12(15)14-4-6-18(16)7-5-14/h2-3,8H,4-7,13H2,1H3. The third-order valence-corrected chi connectivity index (χ3v) is 4.19. The minimum atomic E-state index is -0.795. The zero-order valence-corrected chi connectivity index (χ0v) is 11.0. The van der Waals surface area contributed by atoms with E-state index < -0.39 is 10.8 Å². The molecule has 0 aliphatic carbocycles. The van der Waals surface area contributed by atoms with Gasteiger partial charge in [-0.05, 0) is 18.2 Å². The maximum atomic E-state index is 12.3. The van der Waals surface area contributed by atoms with Crippen LogP contribution < -0.4 is 10.5 Å². The number of nitrogens with zero attached hydrogens (tertiary/aromatic N) is 1. The lowest BCUT2D eigenvalue weighted by Gasteiger charge is -2.27. The number of methoxy groups -OCH3 is 1. The maximum absolute atomic E-state index is 12.3. The Morgan fingerprint density at radius 2 is 2.06 bits per heavy atom. The van der Waals surface area contributed by atoms with Gasteiger partial charge in [0.1, 0.15) is 5.75 Å². The molecule has 6 heteroatoms. The Morgan fingerprint density at radius 3 is 2.67 bits per heavy atom. The molecule has 1 aliphatic rings. The summed E-state index contributed by atoms with van der Waals surface area (Å²) in [5.41, 5.74) is 6.69. The zero-order valence-electron chi connectivity index (χ0n) is 10.2. The second-order valence-corrected chi connectivity index (χ2v) is 5.80. The van der Waals surface area contributed by atoms with E-state index >= 15 is 0 Å². The van der Waals surface area contributed by atoms with Crippen LogP contribution in [0, 0.1) is 0 Å². The summed E-state index contributed by atoms with van der Waals surface area (Å²) in [5.74, 6) is 1.48. The van der Waals surface area contributed by atoms with E-state index in [1.54, 1.807) is 23.1 Å². The molecule has 98 valence electrons. The first-order valence-corrected chi connectivity index (χ1v) is 7.18. The summed E-state index contributed by atoms with van der Waals surface area (Å²) in [6.45, 7) is 1.03. The number of carbonyl (C=O) groups excluding carboxylic acids is 1. The van der Waals surface area contributed by atoms with Gasteiger partial charge in [-0.2, -0.15) is 0 Å². The quantitative estimate of drug-likeness (QED) is 0.792. The Kier molecular flexibility index (Phi) is 3.86. The molecule has 1 fully saturated rings. The highest BCUT2D eigenvalue weighted by Crippen LogP contribution is 2.23. The van der Waals surface area contributed by atoms with Gasteiger partial charge in [0, 0.05) is 41.1 Å². The smallest absolute Gasteiger partial charge is 0.257 e. The van der Waals surface area contributed by atoms with Crippen LogP contribution in [0.2, 0.25) is 0 Å². The fourth-order valence-electron chi connectivity index (χ4n) is 1.90. The number of hydrogen-bond donors (Lipinski definition) is 1. The van der Waals surface area contributed by atoms with Crippen LogP contribution in [0.15, 0.2) is 18.2 Å². The molecular formula is C12H16N2O3S. The van der Waals surface area contributed by atoms with Gasteiger partial charge in [-0.1, -0.05) is 0 Å². The van der Waals surface area contributed by atoms with Crippen LogP contribution in [0.25, 0.3) is 0 Å². The van der Waals surface area contributed by atoms with E-state index in [1.165, 1.54) is 7.11 Å². The van der Waals surface area contributed by atoms with E-state index in [0.29, 0.717) is 41.6 Å². The first kappa shape index (κ1) is 12.9. The van der Waals surface area contributed by atoms with Gasteiger partial charge in [-0.25, -0.2) is 0 Å². The van der Waals surface area contributed by atoms with E-state index in [1.807, 2.05) is 0 Å². The lowest BCUT2D eigenvalue weighted by Crippen LogP contribution is -2.41. The molecule has 1 aliphatic heterocycles. The van der Waals surface area contributed by atoms with Crippen LogP contribution in [0.3, 0.4) is 0 Å². The molecule has 2 N–H and O–H groups in total. The van der Waals surface area contributed by atoms with E-state index in [9.17, 15) is 9.00 Å². The summed E-state index contributed by atoms with van der Waals surface area (Å²) in [6, 6.07) is 5.00. The van der Waals surface area contributed by atoms with Crippen molar-refractivity contribution in [3.05, 3.63) is 23.8 Å². The average Bonchev–Trinajstić information content (AvgIpc) is 2.39. The molecule has 0 bridgehead atoms. The number of anilines is 1. The van der Waals surface area contributed by atoms with Crippen LogP contribution in [-0.4, -0.2) is 46.7 Å². The predicted molar refractivity (Wildman–Crippen MR) is 71.2 cm³/mol. The molecule has 18 heavy (non-hydrogen) atoms. The molecule has 0 radical (unpaired) electrons. The van der Waals surface area contributed by atoms with Crippen LogP contribution in [0.4, 0.5) is 5.69 Å². The van der Waals surface area contributed by atoms with E-state index in [-0.39, 0.29) is 5.91 Å². The van der Waals surface area contributed by atoms with Crippen LogP contribution in [-0.2, 0) is 10.8 Å². The van der Waals surface area contributed by atoms with Crippen molar-refractivity contribution >= 4 is 22.4 Å². The first-order chi connectivity index (χ1) is 8.61. The Balaban J connectivity index is 2.22. The first-order valence-electron chi connectivity index (χ1n) is 5.69. The Labute approximate surface area is 108 Å². The van der Waals surface area contributed by atoms with Crippen molar-refractivity contribution in [2.45, 2.75) is 0 Å². The van der Waals surface area contributed by atoms with Crippen LogP contribution >= 0.6 is 0 Å². The topological polar surface area (TPSA) is 72.6 Å². The zero-order chi connectivity index (χ0) is 13.1. The van der Waals surface area contributed by atoms with Crippen LogP contribution in [0.5, 0.6) is 5.75 Å². The molecule has 1 amide bonds. The van der Waals surface area contributed by atoms with Crippen molar-refractivity contribution in [1.29, 1.82) is 0 Å². The molecule has 0 atom stereocenters. The highest BCUT2D eigenvalue weighted by atomic mass is 32.2. The summed E-state index contributed by atoms with van der Waals surface area (Å²) in [5, 5.41) is 0. The van der Waals surface area contributed by atoms with E-state index in [2.05, 4.69) is 0 Å². The summed E-state index contributed by atoms with van der Waals surface area (Å²) < 4.78 is 16.4. The summed E-state index contributed by atoms with van der Waals surface area (Å²) in [4.78, 5) is 14.0. The summed E-state index contributed by atoms with van der Waals surface area (Å²) in [7, 11) is 0.726. The Bertz CT molecular complexity index is 480. The molecule has 0 saturated carbocycles. The normalized spacial score (nSPS) is 16.6. The highest BCUT2D eigenvalue weighted by molar-refractivity contribution is 7.85. The van der Waals surface area contributed by atoms with Gasteiger partial charge < -0.3 is 15.4 Å². The number of rotatable bonds is 2. The second kappa shape index (κ2) is 5.39. The third kappa shape index (κ3) is 2.64. The van der Waals surface area contributed by atoms with Gasteiger partial charge in [0.2, 0.25) is 0 Å². The lowest BCUT2D eigenvalue weighted by molar-refractivity contribution is 0.0768. The number of ether oxygens (including phenoxy) is 1. The molecular weight excluding hydrogens is 252 g/mol. The monoisotopic (exact) mass is 268 g/mol. The summed E-state index contributed by atoms with van der Waals surface area (Å²) in [6.07, 6.45) is 0. The largest absolute Gasteiger partial charge is 0.496 e. The van der Waals surface area contributed by atoms with Gasteiger partial charge >= 0.3 is 0 Å². The SMILES string of the molecule is COc1ccc(N)cc1C(=O)N1CCS(=O)CC1. The van der Waals surface area contributed by atoms with Crippen molar-refractivity contribution in [1.82, 2.24) is 4.90 Å². The lowest BCUT2D eigenvalue weighted by atomic mass is 10.1. The number of nitrogen functional groups attached to an aromatic ring is 1. The van der Waals surface area contributed by atoms with Crippen LogP contribution in [0.1, 0.15) is 10.4 Å². The Hall–Kier alpha value is -1.56. The van der Waals surface area contributed by atoms with E-state index in [4.69, 9.17) is 10.5 Å². The molecule has 1 heterocycles. The van der Waals surface area contributed by atoms with Gasteiger partial charge in [-0.3, -0.25) is 9.00 Å². The third-order valence-electron chi connectivity index (χ3n) is 2.92. The van der Waals surface area contributed by atoms with Crippen molar-refractivity contribution < 1.29 is 13.7 Å². The fourth-order valence-corrected chi connectivity index (χ4v) is 2.96. The van der Waals surface area contributed by atoms with Gasteiger partial charge in [0.15, 0.2) is 0 Å². The van der Waals surface area contributed by atoms with Gasteiger partial charge in [0.05, 0.1) is 12.7 Å². The number of nitrogens with two attached hydrogens (primary N) is 1. The second-order valence-electron chi connectivity index (χ2n) is 4.10. The molecule has 0 aromatic heterocycles. The highest BCUT2D eigenvalue weighted by Gasteiger charge is 2.23. The molecule has 1 aromatic carbocycles. The van der Waals surface area contributed by atoms with Crippen molar-refractivity contribution in [3.8, 4) is 5.75 Å². The molecule has 1 saturated heterocycles. The number of benzene rings is 1. The fraction of sp³-hybridized carbons (Fsp3) is 0.417. The molecule has 0 spiro atoms. The van der Waals surface area contributed by atoms with Gasteiger partial charge in [-0.15, -0.1) is 0 Å². The summed E-state index contributed by atoms with van der Waals surface area (Å²) >= 11 is 0. The molecule has 5 nitrogen and oxygen atoms in total. The number of carbonyl (C=O) groups is 1. The minimum Gasteiger partial charge on any atom is -0.496 e. The van der Waals surface area contributed by atoms with Gasteiger partial charge in [0.25, 0.3) is 5.91 Å². The average molecular weight is 268 g/mol. The maximum Gasteiger partial charge on any atom is 0.257 e. The number of amides is 1. The molecule has 1 aromatic rings. The van der Waals surface area contributed by atoms with E-state index in [0.717, 1.165) is 0 Å². The van der Waals surface area contributed by atoms with Crippen molar-refractivity contribution in [3.63, 3.8) is 0 Å². The predicted octanol–water partition coefficient (Wildman–Crippen LogP) is 0.482. The molecule has 2 rings (SSSR count). The van der Waals surface area contributed by atoms with Crippen molar-refractivity contribution in [2.24, 2.45) is 0 Å². The van der Waals surface area contributed by atoms with Crippen molar-refractivity contribution in [2.75, 3.05) is 37.4 Å².